The molecule has 1 aliphatic heterocycles. The Kier molecular flexibility index (Phi) is 7.24. The number of rotatable bonds is 5. The van der Waals surface area contributed by atoms with Crippen LogP contribution in [0.15, 0.2) is 206 Å². The van der Waals surface area contributed by atoms with Crippen LogP contribution in [0.5, 0.6) is 11.5 Å². The van der Waals surface area contributed by atoms with E-state index >= 15 is 0 Å². The molecule has 1 aliphatic rings. The molecule has 4 heterocycles. The van der Waals surface area contributed by atoms with E-state index in [4.69, 9.17) is 14.7 Å². The summed E-state index contributed by atoms with van der Waals surface area (Å²) in [4.78, 5) is 10.5. The number of ether oxygens (including phenoxy) is 1. The van der Waals surface area contributed by atoms with Gasteiger partial charge in [0.25, 0.3) is 0 Å². The highest BCUT2D eigenvalue weighted by Gasteiger charge is 2.26. The van der Waals surface area contributed by atoms with Gasteiger partial charge in [0, 0.05) is 61.4 Å². The fourth-order valence-electron chi connectivity index (χ4n) is 9.61. The third kappa shape index (κ3) is 5.14. The molecule has 0 saturated heterocycles. The second kappa shape index (κ2) is 13.1. The van der Waals surface area contributed by atoms with E-state index < -0.39 is 0 Å². The number of aromatic nitrogens is 4. The largest absolute Gasteiger partial charge is 0.456 e. The van der Waals surface area contributed by atoms with Gasteiger partial charge >= 0.3 is 0 Å². The molecule has 0 fully saturated rings. The Labute approximate surface area is 351 Å². The highest BCUT2D eigenvalue weighted by molar-refractivity contribution is 6.26. The molecule has 0 bridgehead atoms. The zero-order chi connectivity index (χ0) is 40.0. The molecule has 0 radical (unpaired) electrons. The van der Waals surface area contributed by atoms with Crippen LogP contribution in [0, 0.1) is 0 Å². The van der Waals surface area contributed by atoms with Crippen molar-refractivity contribution in [3.63, 3.8) is 0 Å². The van der Waals surface area contributed by atoms with Crippen molar-refractivity contribution in [1.29, 1.82) is 0 Å². The fourth-order valence-corrected chi connectivity index (χ4v) is 9.61. The van der Waals surface area contributed by atoms with Crippen molar-refractivity contribution in [2.45, 2.75) is 0 Å². The molecule has 0 saturated carbocycles. The number of hydrogen-bond acceptors (Lipinski definition) is 3. The fraction of sp³-hybridized carbons (Fsp3) is 0. The third-order valence-electron chi connectivity index (χ3n) is 12.3. The SMILES string of the molecule is c1ccc(-c2cc(-n3c4ccc(-c5ccc6c(c5)c5ccccc5n6-c5ccccc5)cc4c4c5cccc6c5c(cc43)Oc3ccccc3-6)nc(-c3ccccc3)n2)cc1. The lowest BCUT2D eigenvalue weighted by Crippen LogP contribution is -2.03. The van der Waals surface area contributed by atoms with Gasteiger partial charge in [-0.1, -0.05) is 146 Å². The minimum Gasteiger partial charge on any atom is -0.456 e. The summed E-state index contributed by atoms with van der Waals surface area (Å²) in [6, 6.07) is 73.0. The molecule has 0 amide bonds. The van der Waals surface area contributed by atoms with Gasteiger partial charge < -0.3 is 9.30 Å². The molecule has 13 rings (SSSR count). The standard InChI is InChI=1S/C56H34N4O/c1-4-15-35(16-5-1)46-33-53(58-56(57-46)36-17-6-2-7-18-36)60-49-30-28-38(37-27-29-48-44(31-37)40-21-10-12-25-47(40)59(48)39-19-8-3-9-20-39)32-45(49)54-43-24-14-23-42-41-22-11-13-26-51(41)61-52(55(42)43)34-50(54)60/h1-34H. The van der Waals surface area contributed by atoms with E-state index in [-0.39, 0.29) is 0 Å². The number of para-hydroxylation sites is 3. The topological polar surface area (TPSA) is 44.9 Å². The van der Waals surface area contributed by atoms with Crippen LogP contribution >= 0.6 is 0 Å². The lowest BCUT2D eigenvalue weighted by atomic mass is 9.92. The van der Waals surface area contributed by atoms with Gasteiger partial charge in [0.15, 0.2) is 5.82 Å². The minimum absolute atomic E-state index is 0.668. The Balaban J connectivity index is 1.10. The van der Waals surface area contributed by atoms with Gasteiger partial charge in [-0.2, -0.15) is 0 Å². The summed E-state index contributed by atoms with van der Waals surface area (Å²) in [5.41, 5.74) is 13.0. The first-order chi connectivity index (χ1) is 30.2. The molecule has 0 spiro atoms. The van der Waals surface area contributed by atoms with Crippen LogP contribution in [0.2, 0.25) is 0 Å². The quantitative estimate of drug-likeness (QED) is 0.175. The van der Waals surface area contributed by atoms with Crippen molar-refractivity contribution in [2.75, 3.05) is 0 Å². The molecular weight excluding hydrogens is 745 g/mol. The van der Waals surface area contributed by atoms with Crippen LogP contribution in [0.25, 0.3) is 111 Å². The van der Waals surface area contributed by atoms with Crippen molar-refractivity contribution in [3.05, 3.63) is 206 Å². The summed E-state index contributed by atoms with van der Waals surface area (Å²) in [7, 11) is 0. The molecule has 284 valence electrons. The predicted molar refractivity (Wildman–Crippen MR) is 250 cm³/mol. The third-order valence-corrected chi connectivity index (χ3v) is 12.3. The highest BCUT2D eigenvalue weighted by atomic mass is 16.5. The van der Waals surface area contributed by atoms with Gasteiger partial charge in [-0.05, 0) is 70.6 Å². The second-order valence-corrected chi connectivity index (χ2v) is 15.7. The molecule has 61 heavy (non-hydrogen) atoms. The van der Waals surface area contributed by atoms with Crippen LogP contribution in [-0.4, -0.2) is 19.1 Å². The summed E-state index contributed by atoms with van der Waals surface area (Å²) in [5.74, 6) is 3.15. The molecular formula is C56H34N4O. The predicted octanol–water partition coefficient (Wildman–Crippen LogP) is 14.6. The average molecular weight is 779 g/mol. The lowest BCUT2D eigenvalue weighted by molar-refractivity contribution is 0.487. The van der Waals surface area contributed by atoms with Crippen LogP contribution < -0.4 is 4.74 Å². The zero-order valence-electron chi connectivity index (χ0n) is 32.8. The maximum atomic E-state index is 6.79. The first-order valence-corrected chi connectivity index (χ1v) is 20.7. The van der Waals surface area contributed by atoms with E-state index in [9.17, 15) is 0 Å². The van der Waals surface area contributed by atoms with Crippen molar-refractivity contribution in [1.82, 2.24) is 19.1 Å². The molecule has 0 aliphatic carbocycles. The van der Waals surface area contributed by atoms with E-state index in [1.807, 2.05) is 30.3 Å². The zero-order valence-corrected chi connectivity index (χ0v) is 32.8. The average Bonchev–Trinajstić information content (AvgIpc) is 3.84. The number of fused-ring (bicyclic) bond motifs is 9. The van der Waals surface area contributed by atoms with Crippen molar-refractivity contribution in [3.8, 4) is 67.9 Å². The van der Waals surface area contributed by atoms with Crippen LogP contribution in [-0.2, 0) is 0 Å². The van der Waals surface area contributed by atoms with Crippen LogP contribution in [0.4, 0.5) is 0 Å². The Morgan fingerprint density at radius 1 is 0.344 bits per heavy atom. The van der Waals surface area contributed by atoms with Gasteiger partial charge in [0.1, 0.15) is 17.3 Å². The number of nitrogens with zero attached hydrogens (tertiary/aromatic N) is 4. The number of benzene rings is 9. The molecule has 0 unspecified atom stereocenters. The maximum Gasteiger partial charge on any atom is 0.162 e. The van der Waals surface area contributed by atoms with E-state index in [0.29, 0.717) is 5.82 Å². The van der Waals surface area contributed by atoms with Crippen LogP contribution in [0.1, 0.15) is 0 Å². The molecule has 0 N–H and O–H groups in total. The molecule has 12 aromatic rings. The Bertz CT molecular complexity index is 3660. The van der Waals surface area contributed by atoms with Crippen molar-refractivity contribution >= 4 is 54.4 Å². The van der Waals surface area contributed by atoms with Gasteiger partial charge in [0.05, 0.1) is 27.8 Å². The van der Waals surface area contributed by atoms with E-state index in [1.165, 1.54) is 27.4 Å². The molecule has 5 heteroatoms. The molecule has 5 nitrogen and oxygen atoms in total. The second-order valence-electron chi connectivity index (χ2n) is 15.7. The normalized spacial score (nSPS) is 12.1. The summed E-state index contributed by atoms with van der Waals surface area (Å²) in [5, 5.41) is 7.01. The Hall–Kier alpha value is -8.28. The monoisotopic (exact) mass is 778 g/mol. The van der Waals surface area contributed by atoms with Gasteiger partial charge in [-0.3, -0.25) is 4.57 Å². The first kappa shape index (κ1) is 33.7. The number of hydrogen-bond donors (Lipinski definition) is 0. The highest BCUT2D eigenvalue weighted by Crippen LogP contribution is 2.51. The van der Waals surface area contributed by atoms with Gasteiger partial charge in [0.2, 0.25) is 0 Å². The summed E-state index contributed by atoms with van der Waals surface area (Å²) >= 11 is 0. The molecule has 0 atom stereocenters. The lowest BCUT2D eigenvalue weighted by Gasteiger charge is -2.22. The Morgan fingerprint density at radius 3 is 1.77 bits per heavy atom. The van der Waals surface area contributed by atoms with E-state index in [0.717, 1.165) is 89.1 Å². The van der Waals surface area contributed by atoms with E-state index in [1.54, 1.807) is 0 Å². The van der Waals surface area contributed by atoms with E-state index in [2.05, 4.69) is 185 Å². The summed E-state index contributed by atoms with van der Waals surface area (Å²) in [6.45, 7) is 0. The maximum absolute atomic E-state index is 6.79. The van der Waals surface area contributed by atoms with Gasteiger partial charge in [-0.25, -0.2) is 9.97 Å². The summed E-state index contributed by atoms with van der Waals surface area (Å²) < 4.78 is 11.5. The minimum atomic E-state index is 0.668. The Morgan fingerprint density at radius 2 is 0.967 bits per heavy atom. The van der Waals surface area contributed by atoms with Crippen LogP contribution in [0.3, 0.4) is 0 Å². The smallest absolute Gasteiger partial charge is 0.162 e. The van der Waals surface area contributed by atoms with Gasteiger partial charge in [-0.15, -0.1) is 0 Å². The molecule has 3 aromatic heterocycles. The molecule has 9 aromatic carbocycles. The van der Waals surface area contributed by atoms with Crippen molar-refractivity contribution in [2.24, 2.45) is 0 Å². The summed E-state index contributed by atoms with van der Waals surface area (Å²) in [6.07, 6.45) is 0. The van der Waals surface area contributed by atoms with Crippen molar-refractivity contribution < 1.29 is 4.74 Å². The first-order valence-electron chi connectivity index (χ1n) is 20.7.